The molecule has 6 heteroatoms. The van der Waals surface area contributed by atoms with E-state index in [1.807, 2.05) is 24.3 Å². The van der Waals surface area contributed by atoms with Crippen molar-refractivity contribution in [2.45, 2.75) is 26.2 Å². The number of unbranched alkanes of at least 4 members (excludes halogenated alkanes) is 2. The lowest BCUT2D eigenvalue weighted by molar-refractivity contribution is -0.139. The van der Waals surface area contributed by atoms with Crippen molar-refractivity contribution in [3.8, 4) is 11.8 Å². The minimum Gasteiger partial charge on any atom is -0.494 e. The van der Waals surface area contributed by atoms with Crippen LogP contribution in [0.15, 0.2) is 70.9 Å². The molecule has 0 aromatic heterocycles. The van der Waals surface area contributed by atoms with Crippen LogP contribution >= 0.6 is 0 Å². The Kier molecular flexibility index (Phi) is 8.41. The third kappa shape index (κ3) is 7.42. The van der Waals surface area contributed by atoms with Gasteiger partial charge in [-0.15, -0.1) is 0 Å². The Morgan fingerprint density at radius 1 is 0.964 bits per heavy atom. The van der Waals surface area contributed by atoms with Crippen molar-refractivity contribution in [1.29, 1.82) is 5.26 Å². The Hall–Kier alpha value is -3.46. The zero-order chi connectivity index (χ0) is 20.2. The first-order valence-electron chi connectivity index (χ1n) is 9.06. The van der Waals surface area contributed by atoms with Crippen molar-refractivity contribution in [1.82, 2.24) is 0 Å². The van der Waals surface area contributed by atoms with Gasteiger partial charge in [0.2, 0.25) is 0 Å². The summed E-state index contributed by atoms with van der Waals surface area (Å²) in [4.78, 5) is 11.2. The molecular weight excluding hydrogens is 354 g/mol. The zero-order valence-corrected chi connectivity index (χ0v) is 15.9. The highest BCUT2D eigenvalue weighted by atomic mass is 16.5. The summed E-state index contributed by atoms with van der Waals surface area (Å²) in [6.07, 6.45) is 2.60. The minimum atomic E-state index is -0.340. The van der Waals surface area contributed by atoms with Gasteiger partial charge < -0.3 is 9.47 Å². The molecule has 144 valence electrons. The number of hydrogen-bond donors (Lipinski definition) is 0. The standard InChI is InChI=1S/C22H23N3O3/c1-17(2)22(26)28-15-5-3-4-14-27-21-12-10-20(11-13-21)25-24-19-8-6-18(16-23)7-9-19/h6-13H,1,3-5,14-15H2,2H3. The Morgan fingerprint density at radius 2 is 1.54 bits per heavy atom. The summed E-state index contributed by atoms with van der Waals surface area (Å²) in [6.45, 7) is 6.18. The fourth-order valence-electron chi connectivity index (χ4n) is 2.19. The fourth-order valence-corrected chi connectivity index (χ4v) is 2.19. The van der Waals surface area contributed by atoms with Gasteiger partial charge in [-0.05, 0) is 74.7 Å². The number of esters is 1. The summed E-state index contributed by atoms with van der Waals surface area (Å²) in [5.41, 5.74) is 2.42. The van der Waals surface area contributed by atoms with Gasteiger partial charge in [0.15, 0.2) is 0 Å². The Balaban J connectivity index is 1.67. The highest BCUT2D eigenvalue weighted by Gasteiger charge is 2.02. The summed E-state index contributed by atoms with van der Waals surface area (Å²) in [5.74, 6) is 0.429. The third-order valence-electron chi connectivity index (χ3n) is 3.75. The number of hydrogen-bond acceptors (Lipinski definition) is 6. The Labute approximate surface area is 165 Å². The molecule has 6 nitrogen and oxygen atoms in total. The van der Waals surface area contributed by atoms with Crippen LogP contribution in [0, 0.1) is 11.3 Å². The average Bonchev–Trinajstić information content (AvgIpc) is 2.72. The molecule has 2 aromatic carbocycles. The first kappa shape index (κ1) is 20.8. The molecule has 2 aromatic rings. The lowest BCUT2D eigenvalue weighted by Crippen LogP contribution is -2.06. The van der Waals surface area contributed by atoms with E-state index in [4.69, 9.17) is 14.7 Å². The molecule has 2 rings (SSSR count). The van der Waals surface area contributed by atoms with E-state index in [0.717, 1.165) is 30.7 Å². The van der Waals surface area contributed by atoms with Gasteiger partial charge in [0, 0.05) is 5.57 Å². The van der Waals surface area contributed by atoms with Crippen molar-refractivity contribution >= 4 is 17.3 Å². The second-order valence-corrected chi connectivity index (χ2v) is 6.18. The first-order valence-corrected chi connectivity index (χ1v) is 9.06. The average molecular weight is 377 g/mol. The van der Waals surface area contributed by atoms with E-state index in [9.17, 15) is 4.79 Å². The summed E-state index contributed by atoms with van der Waals surface area (Å²) >= 11 is 0. The normalized spacial score (nSPS) is 10.4. The lowest BCUT2D eigenvalue weighted by atomic mass is 10.2. The molecule has 0 bridgehead atoms. The molecule has 0 spiro atoms. The lowest BCUT2D eigenvalue weighted by Gasteiger charge is -2.07. The van der Waals surface area contributed by atoms with Gasteiger partial charge in [0.25, 0.3) is 0 Å². The second kappa shape index (κ2) is 11.3. The highest BCUT2D eigenvalue weighted by molar-refractivity contribution is 5.86. The number of rotatable bonds is 10. The Bertz CT molecular complexity index is 850. The van der Waals surface area contributed by atoms with Gasteiger partial charge in [-0.25, -0.2) is 4.79 Å². The number of benzene rings is 2. The van der Waals surface area contributed by atoms with Crippen LogP contribution in [0.3, 0.4) is 0 Å². The third-order valence-corrected chi connectivity index (χ3v) is 3.75. The summed E-state index contributed by atoms with van der Waals surface area (Å²) in [6, 6.07) is 16.3. The molecule has 0 fully saturated rings. The van der Waals surface area contributed by atoms with E-state index < -0.39 is 0 Å². The topological polar surface area (TPSA) is 84.0 Å². The molecule has 0 unspecified atom stereocenters. The zero-order valence-electron chi connectivity index (χ0n) is 15.9. The van der Waals surface area contributed by atoms with Gasteiger partial charge >= 0.3 is 5.97 Å². The summed E-state index contributed by atoms with van der Waals surface area (Å²) in [7, 11) is 0. The molecule has 0 aliphatic carbocycles. The smallest absolute Gasteiger partial charge is 0.333 e. The number of nitriles is 1. The number of carbonyl (C=O) groups excluding carboxylic acids is 1. The largest absolute Gasteiger partial charge is 0.494 e. The van der Waals surface area contributed by atoms with Crippen LogP contribution in [0.4, 0.5) is 11.4 Å². The van der Waals surface area contributed by atoms with Crippen molar-refractivity contribution in [3.63, 3.8) is 0 Å². The van der Waals surface area contributed by atoms with E-state index in [-0.39, 0.29) is 5.97 Å². The van der Waals surface area contributed by atoms with Crippen LogP contribution in [0.5, 0.6) is 5.75 Å². The van der Waals surface area contributed by atoms with Crippen LogP contribution in [0.25, 0.3) is 0 Å². The molecule has 0 atom stereocenters. The van der Waals surface area contributed by atoms with Crippen LogP contribution in [0.1, 0.15) is 31.7 Å². The van der Waals surface area contributed by atoms with E-state index >= 15 is 0 Å². The second-order valence-electron chi connectivity index (χ2n) is 6.18. The molecule has 0 amide bonds. The molecule has 0 heterocycles. The minimum absolute atomic E-state index is 0.340. The predicted molar refractivity (Wildman–Crippen MR) is 107 cm³/mol. The molecule has 0 aliphatic heterocycles. The van der Waals surface area contributed by atoms with Gasteiger partial charge in [-0.3, -0.25) is 0 Å². The maximum absolute atomic E-state index is 11.2. The van der Waals surface area contributed by atoms with Crippen LogP contribution in [0.2, 0.25) is 0 Å². The number of azo groups is 1. The van der Waals surface area contributed by atoms with Crippen LogP contribution in [-0.4, -0.2) is 19.2 Å². The molecular formula is C22H23N3O3. The quantitative estimate of drug-likeness (QED) is 0.232. The monoisotopic (exact) mass is 377 g/mol. The van der Waals surface area contributed by atoms with Crippen molar-refractivity contribution in [2.75, 3.05) is 13.2 Å². The predicted octanol–water partition coefficient (Wildman–Crippen LogP) is 5.64. The SMILES string of the molecule is C=C(C)C(=O)OCCCCCOc1ccc(N=Nc2ccc(C#N)cc2)cc1. The first-order chi connectivity index (χ1) is 13.6. The number of nitrogens with zero attached hydrogens (tertiary/aromatic N) is 3. The van der Waals surface area contributed by atoms with Gasteiger partial charge in [-0.2, -0.15) is 15.5 Å². The van der Waals surface area contributed by atoms with Crippen LogP contribution < -0.4 is 4.74 Å². The number of carbonyl (C=O) groups is 1. The Morgan fingerprint density at radius 3 is 2.11 bits per heavy atom. The van der Waals surface area contributed by atoms with E-state index in [2.05, 4.69) is 22.9 Å². The molecule has 0 aliphatic rings. The summed E-state index contributed by atoms with van der Waals surface area (Å²) in [5, 5.41) is 17.1. The molecule has 0 N–H and O–H groups in total. The van der Waals surface area contributed by atoms with Crippen LogP contribution in [-0.2, 0) is 9.53 Å². The fraction of sp³-hybridized carbons (Fsp3) is 0.273. The summed E-state index contributed by atoms with van der Waals surface area (Å²) < 4.78 is 10.7. The molecule has 28 heavy (non-hydrogen) atoms. The maximum atomic E-state index is 11.2. The molecule has 0 saturated carbocycles. The van der Waals surface area contributed by atoms with Gasteiger partial charge in [-0.1, -0.05) is 6.58 Å². The van der Waals surface area contributed by atoms with Gasteiger partial charge in [0.05, 0.1) is 36.2 Å². The highest BCUT2D eigenvalue weighted by Crippen LogP contribution is 2.21. The van der Waals surface area contributed by atoms with E-state index in [0.29, 0.717) is 30.0 Å². The van der Waals surface area contributed by atoms with Gasteiger partial charge in [0.1, 0.15) is 5.75 Å². The van der Waals surface area contributed by atoms with E-state index in [1.54, 1.807) is 31.2 Å². The molecule has 0 saturated heterocycles. The maximum Gasteiger partial charge on any atom is 0.333 e. The van der Waals surface area contributed by atoms with Crippen molar-refractivity contribution in [3.05, 3.63) is 66.2 Å². The number of ether oxygens (including phenoxy) is 2. The van der Waals surface area contributed by atoms with Crippen molar-refractivity contribution < 1.29 is 14.3 Å². The van der Waals surface area contributed by atoms with E-state index in [1.165, 1.54) is 0 Å². The van der Waals surface area contributed by atoms with Crippen molar-refractivity contribution in [2.24, 2.45) is 10.2 Å². The molecule has 0 radical (unpaired) electrons.